The highest BCUT2D eigenvalue weighted by Crippen LogP contribution is 2.28. The maximum atomic E-state index is 12.9. The van der Waals surface area contributed by atoms with Crippen LogP contribution in [0.5, 0.6) is 5.75 Å². The largest absolute Gasteiger partial charge is 0.427 e. The lowest BCUT2D eigenvalue weighted by Crippen LogP contribution is -2.44. The molecule has 1 aromatic heterocycles. The highest BCUT2D eigenvalue weighted by molar-refractivity contribution is 6.23. The molecule has 0 saturated carbocycles. The van der Waals surface area contributed by atoms with Gasteiger partial charge in [0.05, 0.1) is 12.1 Å². The van der Waals surface area contributed by atoms with E-state index in [-0.39, 0.29) is 18.9 Å². The molecule has 28 heavy (non-hydrogen) atoms. The monoisotopic (exact) mass is 381 g/mol. The van der Waals surface area contributed by atoms with Crippen LogP contribution in [0.15, 0.2) is 48.8 Å². The lowest BCUT2D eigenvalue weighted by atomic mass is 10.1. The fourth-order valence-corrected chi connectivity index (χ4v) is 3.09. The van der Waals surface area contributed by atoms with Gasteiger partial charge in [-0.3, -0.25) is 24.2 Å². The molecule has 2 aromatic rings. The number of esters is 1. The second-order valence-electron chi connectivity index (χ2n) is 6.38. The zero-order chi connectivity index (χ0) is 20.3. The number of hydrogen-bond donors (Lipinski definition) is 0. The van der Waals surface area contributed by atoms with Gasteiger partial charge in [0.2, 0.25) is 11.8 Å². The Morgan fingerprint density at radius 2 is 1.89 bits per heavy atom. The predicted molar refractivity (Wildman–Crippen MR) is 99.1 cm³/mol. The molecule has 1 aromatic carbocycles. The Balaban J connectivity index is 1.81. The van der Waals surface area contributed by atoms with E-state index in [1.165, 1.54) is 43.0 Å². The van der Waals surface area contributed by atoms with Crippen LogP contribution in [0.3, 0.4) is 0 Å². The highest BCUT2D eigenvalue weighted by atomic mass is 16.5. The molecule has 1 aliphatic rings. The Labute approximate surface area is 161 Å². The van der Waals surface area contributed by atoms with E-state index in [4.69, 9.17) is 4.74 Å². The summed E-state index contributed by atoms with van der Waals surface area (Å²) in [5, 5.41) is 0. The SMILES string of the molecule is CC(=O)Oc1ccc(N2C(=O)CC(N(Cc3cccnc3)C(C)=O)C2=O)cc1. The maximum absolute atomic E-state index is 12.9. The quantitative estimate of drug-likeness (QED) is 0.444. The van der Waals surface area contributed by atoms with Crippen LogP contribution < -0.4 is 9.64 Å². The number of carbonyl (C=O) groups is 4. The summed E-state index contributed by atoms with van der Waals surface area (Å²) >= 11 is 0. The van der Waals surface area contributed by atoms with Gasteiger partial charge < -0.3 is 9.64 Å². The van der Waals surface area contributed by atoms with Crippen molar-refractivity contribution in [1.29, 1.82) is 0 Å². The molecule has 3 rings (SSSR count). The van der Waals surface area contributed by atoms with Crippen LogP contribution in [0, 0.1) is 0 Å². The van der Waals surface area contributed by atoms with Crippen molar-refractivity contribution >= 4 is 29.4 Å². The van der Waals surface area contributed by atoms with Crippen LogP contribution in [0.2, 0.25) is 0 Å². The molecular formula is C20H19N3O5. The Morgan fingerprint density at radius 1 is 1.18 bits per heavy atom. The normalized spacial score (nSPS) is 16.2. The first-order valence-electron chi connectivity index (χ1n) is 8.68. The first-order valence-corrected chi connectivity index (χ1v) is 8.68. The van der Waals surface area contributed by atoms with Gasteiger partial charge in [0, 0.05) is 32.8 Å². The number of nitrogens with zero attached hydrogens (tertiary/aromatic N) is 3. The number of benzene rings is 1. The predicted octanol–water partition coefficient (Wildman–Crippen LogP) is 1.69. The average molecular weight is 381 g/mol. The molecule has 0 spiro atoms. The van der Waals surface area contributed by atoms with Crippen molar-refractivity contribution in [1.82, 2.24) is 9.88 Å². The van der Waals surface area contributed by atoms with Crippen molar-refractivity contribution in [3.63, 3.8) is 0 Å². The van der Waals surface area contributed by atoms with Gasteiger partial charge in [-0.25, -0.2) is 4.90 Å². The Kier molecular flexibility index (Phi) is 5.49. The molecule has 1 saturated heterocycles. The van der Waals surface area contributed by atoms with Crippen molar-refractivity contribution in [2.24, 2.45) is 0 Å². The van der Waals surface area contributed by atoms with E-state index in [2.05, 4.69) is 4.98 Å². The van der Waals surface area contributed by atoms with Crippen molar-refractivity contribution in [3.05, 3.63) is 54.4 Å². The second kappa shape index (κ2) is 7.99. The molecular weight excluding hydrogens is 362 g/mol. The highest BCUT2D eigenvalue weighted by Gasteiger charge is 2.43. The van der Waals surface area contributed by atoms with Gasteiger partial charge in [0.25, 0.3) is 5.91 Å². The van der Waals surface area contributed by atoms with E-state index in [9.17, 15) is 19.2 Å². The fourth-order valence-electron chi connectivity index (χ4n) is 3.09. The van der Waals surface area contributed by atoms with Gasteiger partial charge >= 0.3 is 5.97 Å². The minimum atomic E-state index is -0.877. The minimum Gasteiger partial charge on any atom is -0.427 e. The Morgan fingerprint density at radius 3 is 2.46 bits per heavy atom. The molecule has 2 heterocycles. The fraction of sp³-hybridized carbons (Fsp3) is 0.250. The Bertz CT molecular complexity index is 911. The number of hydrogen-bond acceptors (Lipinski definition) is 6. The van der Waals surface area contributed by atoms with Gasteiger partial charge in [-0.15, -0.1) is 0 Å². The van der Waals surface area contributed by atoms with E-state index in [1.807, 2.05) is 0 Å². The molecule has 8 nitrogen and oxygen atoms in total. The van der Waals surface area contributed by atoms with E-state index >= 15 is 0 Å². The number of imide groups is 1. The van der Waals surface area contributed by atoms with Crippen LogP contribution >= 0.6 is 0 Å². The van der Waals surface area contributed by atoms with Gasteiger partial charge in [-0.1, -0.05) is 6.07 Å². The van der Waals surface area contributed by atoms with Crippen molar-refractivity contribution < 1.29 is 23.9 Å². The van der Waals surface area contributed by atoms with E-state index in [1.54, 1.807) is 24.5 Å². The summed E-state index contributed by atoms with van der Waals surface area (Å²) in [6, 6.07) is 8.72. The summed E-state index contributed by atoms with van der Waals surface area (Å²) in [4.78, 5) is 55.0. The molecule has 1 fully saturated rings. The van der Waals surface area contributed by atoms with Crippen molar-refractivity contribution in [3.8, 4) is 5.75 Å². The minimum absolute atomic E-state index is 0.0929. The first-order chi connectivity index (χ1) is 13.4. The topological polar surface area (TPSA) is 96.9 Å². The molecule has 0 radical (unpaired) electrons. The molecule has 1 unspecified atom stereocenters. The summed E-state index contributed by atoms with van der Waals surface area (Å²) in [6.07, 6.45) is 3.14. The maximum Gasteiger partial charge on any atom is 0.308 e. The van der Waals surface area contributed by atoms with Crippen LogP contribution in [-0.4, -0.2) is 39.6 Å². The summed E-state index contributed by atoms with van der Waals surface area (Å²) in [7, 11) is 0. The van der Waals surface area contributed by atoms with Crippen molar-refractivity contribution in [2.45, 2.75) is 32.9 Å². The molecule has 1 aliphatic heterocycles. The molecule has 0 aliphatic carbocycles. The molecule has 3 amide bonds. The lowest BCUT2D eigenvalue weighted by molar-refractivity contribution is -0.137. The second-order valence-corrected chi connectivity index (χ2v) is 6.38. The van der Waals surface area contributed by atoms with Gasteiger partial charge in [0.1, 0.15) is 11.8 Å². The van der Waals surface area contributed by atoms with E-state index in [0.717, 1.165) is 10.5 Å². The smallest absolute Gasteiger partial charge is 0.308 e. The van der Waals surface area contributed by atoms with Gasteiger partial charge in [0.15, 0.2) is 0 Å². The number of aromatic nitrogens is 1. The zero-order valence-electron chi connectivity index (χ0n) is 15.5. The Hall–Kier alpha value is -3.55. The number of rotatable bonds is 5. The number of carbonyl (C=O) groups excluding carboxylic acids is 4. The van der Waals surface area contributed by atoms with Crippen LogP contribution in [0.25, 0.3) is 0 Å². The summed E-state index contributed by atoms with van der Waals surface area (Å²) < 4.78 is 4.96. The van der Waals surface area contributed by atoms with Gasteiger partial charge in [-0.05, 0) is 35.9 Å². The molecule has 144 valence electrons. The first kappa shape index (κ1) is 19.2. The number of anilines is 1. The zero-order valence-corrected chi connectivity index (χ0v) is 15.5. The standard InChI is InChI=1S/C20H19N3O5/c1-13(24)22(12-15-4-3-9-21-11-15)18-10-19(26)23(20(18)27)16-5-7-17(8-6-16)28-14(2)25/h3-9,11,18H,10,12H2,1-2H3. The molecule has 0 N–H and O–H groups in total. The van der Waals surface area contributed by atoms with E-state index < -0.39 is 23.8 Å². The third-order valence-electron chi connectivity index (χ3n) is 4.34. The molecule has 1 atom stereocenters. The third-order valence-corrected chi connectivity index (χ3v) is 4.34. The number of pyridine rings is 1. The van der Waals surface area contributed by atoms with Crippen molar-refractivity contribution in [2.75, 3.05) is 4.90 Å². The van der Waals surface area contributed by atoms with Crippen LogP contribution in [-0.2, 0) is 25.7 Å². The lowest BCUT2D eigenvalue weighted by Gasteiger charge is -2.26. The summed E-state index contributed by atoms with van der Waals surface area (Å²) in [5.74, 6) is -1.32. The average Bonchev–Trinajstić information content (AvgIpc) is 2.95. The summed E-state index contributed by atoms with van der Waals surface area (Å²) in [6.45, 7) is 2.83. The van der Waals surface area contributed by atoms with E-state index in [0.29, 0.717) is 11.4 Å². The number of amides is 3. The van der Waals surface area contributed by atoms with Crippen LogP contribution in [0.1, 0.15) is 25.8 Å². The van der Waals surface area contributed by atoms with Crippen LogP contribution in [0.4, 0.5) is 5.69 Å². The number of ether oxygens (including phenoxy) is 1. The third kappa shape index (κ3) is 4.06. The summed E-state index contributed by atoms with van der Waals surface area (Å²) in [5.41, 5.74) is 1.13. The molecule has 0 bridgehead atoms. The van der Waals surface area contributed by atoms with Gasteiger partial charge in [-0.2, -0.15) is 0 Å². The molecule has 8 heteroatoms.